The normalized spacial score (nSPS) is 10.7. The van der Waals surface area contributed by atoms with E-state index < -0.39 is 23.0 Å². The number of amidine groups is 1. The number of ether oxygens (including phenoxy) is 2. The summed E-state index contributed by atoms with van der Waals surface area (Å²) in [6.07, 6.45) is 1.65. The number of benzene rings is 1. The molecule has 0 amide bonds. The van der Waals surface area contributed by atoms with Gasteiger partial charge in [0.15, 0.2) is 11.6 Å². The quantitative estimate of drug-likeness (QED) is 0.503. The monoisotopic (exact) mass is 382 g/mol. The minimum atomic E-state index is -1.00. The Morgan fingerprint density at radius 3 is 2.84 bits per heavy atom. The van der Waals surface area contributed by atoms with Gasteiger partial charge in [-0.2, -0.15) is 0 Å². The van der Waals surface area contributed by atoms with Gasteiger partial charge in [-0.1, -0.05) is 11.3 Å². The van der Waals surface area contributed by atoms with E-state index in [1.54, 1.807) is 6.20 Å². The van der Waals surface area contributed by atoms with Crippen molar-refractivity contribution in [3.05, 3.63) is 45.9 Å². The molecule has 0 aliphatic heterocycles. The average Bonchev–Trinajstić information content (AvgIpc) is 3.22. The molecule has 10 heteroatoms. The van der Waals surface area contributed by atoms with Crippen LogP contribution in [0.5, 0.6) is 10.9 Å². The van der Waals surface area contributed by atoms with Crippen LogP contribution in [0, 0.1) is 17.0 Å². The van der Waals surface area contributed by atoms with Crippen LogP contribution in [0.15, 0.2) is 23.7 Å². The number of hydrogen-bond donors (Lipinski definition) is 2. The van der Waals surface area contributed by atoms with Gasteiger partial charge in [0.05, 0.1) is 29.4 Å². The molecule has 0 bridgehead atoms. The van der Waals surface area contributed by atoms with Crippen LogP contribution in [-0.4, -0.2) is 22.9 Å². The van der Waals surface area contributed by atoms with Crippen LogP contribution < -0.4 is 15.2 Å². The van der Waals surface area contributed by atoms with Crippen LogP contribution >= 0.6 is 22.7 Å². The van der Waals surface area contributed by atoms with Gasteiger partial charge in [-0.05, 0) is 12.1 Å². The molecule has 0 saturated heterocycles. The molecule has 3 aromatic rings. The van der Waals surface area contributed by atoms with Crippen LogP contribution in [0.2, 0.25) is 0 Å². The van der Waals surface area contributed by atoms with Crippen molar-refractivity contribution in [3.8, 4) is 21.5 Å². The lowest BCUT2D eigenvalue weighted by molar-refractivity contribution is 0.288. The lowest BCUT2D eigenvalue weighted by Crippen LogP contribution is -2.16. The molecule has 3 N–H and O–H groups in total. The summed E-state index contributed by atoms with van der Waals surface area (Å²) in [6, 6.07) is 2.16. The number of nitrogens with two attached hydrogens (primary N) is 1. The maximum atomic E-state index is 14.2. The molecule has 0 fully saturated rings. The summed E-state index contributed by atoms with van der Waals surface area (Å²) in [4.78, 5) is 9.30. The van der Waals surface area contributed by atoms with Gasteiger partial charge in [-0.25, -0.2) is 18.7 Å². The first kappa shape index (κ1) is 17.2. The molecule has 0 unspecified atom stereocenters. The van der Waals surface area contributed by atoms with E-state index in [1.165, 1.54) is 29.8 Å². The number of nitrogens with one attached hydrogen (secondary N) is 1. The average molecular weight is 382 g/mol. The molecule has 0 radical (unpaired) electrons. The highest BCUT2D eigenvalue weighted by atomic mass is 32.1. The molecule has 25 heavy (non-hydrogen) atoms. The maximum Gasteiger partial charge on any atom is 0.273 e. The number of aromatic nitrogens is 2. The highest BCUT2D eigenvalue weighted by Gasteiger charge is 2.17. The number of halogens is 2. The van der Waals surface area contributed by atoms with Crippen molar-refractivity contribution >= 4 is 28.5 Å². The highest BCUT2D eigenvalue weighted by Crippen LogP contribution is 2.31. The number of thiazole rings is 2. The van der Waals surface area contributed by atoms with E-state index in [0.29, 0.717) is 15.9 Å². The van der Waals surface area contributed by atoms with E-state index in [4.69, 9.17) is 20.6 Å². The van der Waals surface area contributed by atoms with Gasteiger partial charge in [-0.15, -0.1) is 11.3 Å². The highest BCUT2D eigenvalue weighted by molar-refractivity contribution is 7.17. The first-order valence-corrected chi connectivity index (χ1v) is 8.59. The fourth-order valence-corrected chi connectivity index (χ4v) is 3.46. The Bertz CT molecular complexity index is 926. The van der Waals surface area contributed by atoms with Crippen molar-refractivity contribution in [2.75, 3.05) is 7.11 Å². The Balaban J connectivity index is 1.74. The molecule has 2 heterocycles. The van der Waals surface area contributed by atoms with E-state index in [2.05, 4.69) is 9.97 Å². The Morgan fingerprint density at radius 2 is 2.16 bits per heavy atom. The maximum absolute atomic E-state index is 14.2. The second-order valence-electron chi connectivity index (χ2n) is 4.76. The predicted molar refractivity (Wildman–Crippen MR) is 91.5 cm³/mol. The van der Waals surface area contributed by atoms with E-state index in [1.807, 2.05) is 5.38 Å². The second-order valence-corrected chi connectivity index (χ2v) is 6.69. The zero-order chi connectivity index (χ0) is 18.0. The summed E-state index contributed by atoms with van der Waals surface area (Å²) in [5.74, 6) is -2.80. The van der Waals surface area contributed by atoms with Gasteiger partial charge in [0, 0.05) is 5.38 Å². The van der Waals surface area contributed by atoms with Crippen molar-refractivity contribution < 1.29 is 18.3 Å². The molecule has 0 aliphatic rings. The lowest BCUT2D eigenvalue weighted by Gasteiger charge is -2.09. The largest absolute Gasteiger partial charge is 0.483 e. The van der Waals surface area contributed by atoms with E-state index in [0.717, 1.165) is 17.0 Å². The van der Waals surface area contributed by atoms with Crippen molar-refractivity contribution in [1.29, 1.82) is 5.41 Å². The molecule has 1 aromatic carbocycles. The van der Waals surface area contributed by atoms with Gasteiger partial charge in [-0.3, -0.25) is 5.41 Å². The van der Waals surface area contributed by atoms with Crippen molar-refractivity contribution in [2.45, 2.75) is 6.61 Å². The number of methoxy groups -OCH3 is 1. The minimum absolute atomic E-state index is 0.000499. The topological polar surface area (TPSA) is 94.1 Å². The van der Waals surface area contributed by atoms with Gasteiger partial charge in [0.2, 0.25) is 0 Å². The summed E-state index contributed by atoms with van der Waals surface area (Å²) >= 11 is 2.69. The zero-order valence-corrected chi connectivity index (χ0v) is 14.5. The minimum Gasteiger partial charge on any atom is -0.483 e. The molecule has 0 spiro atoms. The lowest BCUT2D eigenvalue weighted by atomic mass is 10.1. The predicted octanol–water partition coefficient (Wildman–Crippen LogP) is 3.42. The van der Waals surface area contributed by atoms with Crippen LogP contribution in [0.4, 0.5) is 8.78 Å². The van der Waals surface area contributed by atoms with Gasteiger partial charge in [0.1, 0.15) is 23.3 Å². The Kier molecular flexibility index (Phi) is 4.91. The van der Waals surface area contributed by atoms with Crippen molar-refractivity contribution in [2.24, 2.45) is 5.73 Å². The Labute approximate surface area is 149 Å². The third-order valence-electron chi connectivity index (χ3n) is 3.14. The first-order chi connectivity index (χ1) is 12.0. The SMILES string of the molecule is COc1ncc(-c2csc(COc3ccc(F)c(C(=N)N)c3F)n2)s1. The standard InChI is InChI=1S/C15H12F2N4O2S2/c1-22-15-20-4-10(25-15)8-6-24-11(21-8)5-23-9-3-2-7(16)12(13(9)17)14(18)19/h2-4,6H,5H2,1H3,(H3,18,19). The number of rotatable bonds is 6. The van der Waals surface area contributed by atoms with Crippen molar-refractivity contribution in [1.82, 2.24) is 9.97 Å². The van der Waals surface area contributed by atoms with Crippen LogP contribution in [0.1, 0.15) is 10.6 Å². The van der Waals surface area contributed by atoms with E-state index in [9.17, 15) is 8.78 Å². The smallest absolute Gasteiger partial charge is 0.273 e. The van der Waals surface area contributed by atoms with Crippen LogP contribution in [-0.2, 0) is 6.61 Å². The first-order valence-electron chi connectivity index (χ1n) is 6.89. The molecule has 0 aliphatic carbocycles. The van der Waals surface area contributed by atoms with Crippen LogP contribution in [0.25, 0.3) is 10.6 Å². The van der Waals surface area contributed by atoms with E-state index >= 15 is 0 Å². The molecule has 0 atom stereocenters. The van der Waals surface area contributed by atoms with Crippen LogP contribution in [0.3, 0.4) is 0 Å². The molecule has 2 aromatic heterocycles. The molecular weight excluding hydrogens is 370 g/mol. The summed E-state index contributed by atoms with van der Waals surface area (Å²) in [7, 11) is 1.54. The van der Waals surface area contributed by atoms with Gasteiger partial charge in [0.25, 0.3) is 5.19 Å². The summed E-state index contributed by atoms with van der Waals surface area (Å²) in [5.41, 5.74) is 5.31. The Morgan fingerprint density at radius 1 is 1.36 bits per heavy atom. The van der Waals surface area contributed by atoms with Gasteiger partial charge < -0.3 is 15.2 Å². The molecule has 3 rings (SSSR count). The van der Waals surface area contributed by atoms with Crippen molar-refractivity contribution in [3.63, 3.8) is 0 Å². The zero-order valence-electron chi connectivity index (χ0n) is 12.9. The summed E-state index contributed by atoms with van der Waals surface area (Å²) < 4.78 is 38.1. The molecule has 130 valence electrons. The second kappa shape index (κ2) is 7.11. The third-order valence-corrected chi connectivity index (χ3v) is 4.94. The number of nitrogens with zero attached hydrogens (tertiary/aromatic N) is 2. The number of nitrogen functional groups attached to an aromatic ring is 1. The Hall–Kier alpha value is -2.59. The molecule has 6 nitrogen and oxygen atoms in total. The number of hydrogen-bond acceptors (Lipinski definition) is 7. The summed E-state index contributed by atoms with van der Waals surface area (Å²) in [5, 5.41) is 10.2. The molecule has 0 saturated carbocycles. The fourth-order valence-electron chi connectivity index (χ4n) is 1.99. The molecular formula is C15H12F2N4O2S2. The third kappa shape index (κ3) is 3.59. The summed E-state index contributed by atoms with van der Waals surface area (Å²) in [6.45, 7) is 0.000499. The van der Waals surface area contributed by atoms with Gasteiger partial charge >= 0.3 is 0 Å². The van der Waals surface area contributed by atoms with E-state index in [-0.39, 0.29) is 12.4 Å². The fraction of sp³-hybridized carbons (Fsp3) is 0.133.